The maximum atomic E-state index is 5.26. The van der Waals surface area contributed by atoms with Crippen molar-refractivity contribution in [3.63, 3.8) is 0 Å². The van der Waals surface area contributed by atoms with Crippen molar-refractivity contribution in [1.29, 1.82) is 0 Å². The number of ether oxygens (including phenoxy) is 1. The van der Waals surface area contributed by atoms with Crippen molar-refractivity contribution in [2.45, 2.75) is 0 Å². The predicted molar refractivity (Wildman–Crippen MR) is 73.4 cm³/mol. The van der Waals surface area contributed by atoms with E-state index in [0.29, 0.717) is 0 Å². The minimum absolute atomic E-state index is 0.889. The Morgan fingerprint density at radius 1 is 1.17 bits per heavy atom. The van der Waals surface area contributed by atoms with E-state index in [9.17, 15) is 0 Å². The molecule has 0 amide bonds. The van der Waals surface area contributed by atoms with Crippen LogP contribution in [0.3, 0.4) is 0 Å². The first-order valence-electron chi connectivity index (χ1n) is 6.26. The predicted octanol–water partition coefficient (Wildman–Crippen LogP) is 1.65. The maximum Gasteiger partial charge on any atom is 0.129 e. The van der Waals surface area contributed by atoms with Gasteiger partial charge in [0.1, 0.15) is 11.6 Å². The van der Waals surface area contributed by atoms with Crippen molar-refractivity contribution in [1.82, 2.24) is 10.3 Å². The average molecular weight is 243 g/mol. The van der Waals surface area contributed by atoms with Crippen LogP contribution in [-0.2, 0) is 0 Å². The second-order valence-electron chi connectivity index (χ2n) is 4.49. The van der Waals surface area contributed by atoms with Crippen LogP contribution < -0.4 is 15.0 Å². The Labute approximate surface area is 107 Å². The molecule has 4 heteroatoms. The molecule has 1 aromatic heterocycles. The Balaban J connectivity index is 1.97. The minimum Gasteiger partial charge on any atom is -0.497 e. The number of hydrogen-bond donors (Lipinski definition) is 1. The van der Waals surface area contributed by atoms with E-state index in [0.717, 1.165) is 43.1 Å². The molecule has 2 heterocycles. The third-order valence-electron chi connectivity index (χ3n) is 3.36. The number of rotatable bonds is 2. The summed E-state index contributed by atoms with van der Waals surface area (Å²) < 4.78 is 5.26. The third-order valence-corrected chi connectivity index (χ3v) is 3.36. The van der Waals surface area contributed by atoms with Crippen LogP contribution >= 0.6 is 0 Å². The molecule has 4 nitrogen and oxygen atoms in total. The largest absolute Gasteiger partial charge is 0.497 e. The Morgan fingerprint density at radius 3 is 2.78 bits per heavy atom. The number of hydrogen-bond acceptors (Lipinski definition) is 4. The molecule has 2 aromatic rings. The van der Waals surface area contributed by atoms with Gasteiger partial charge in [-0.05, 0) is 29.7 Å². The van der Waals surface area contributed by atoms with E-state index in [1.165, 1.54) is 5.39 Å². The van der Waals surface area contributed by atoms with Crippen LogP contribution in [0, 0.1) is 0 Å². The van der Waals surface area contributed by atoms with Crippen LogP contribution in [-0.4, -0.2) is 38.3 Å². The molecule has 0 aliphatic carbocycles. The van der Waals surface area contributed by atoms with Crippen molar-refractivity contribution in [2.75, 3.05) is 38.2 Å². The summed E-state index contributed by atoms with van der Waals surface area (Å²) in [6.07, 6.45) is 1.94. The molecular formula is C14H17N3O. The topological polar surface area (TPSA) is 37.4 Å². The van der Waals surface area contributed by atoms with Crippen molar-refractivity contribution in [3.05, 3.63) is 30.5 Å². The smallest absolute Gasteiger partial charge is 0.129 e. The highest BCUT2D eigenvalue weighted by Gasteiger charge is 2.11. The lowest BCUT2D eigenvalue weighted by Crippen LogP contribution is -2.43. The number of anilines is 1. The Bertz CT molecular complexity index is 550. The van der Waals surface area contributed by atoms with Gasteiger partial charge in [0.25, 0.3) is 0 Å². The second-order valence-corrected chi connectivity index (χ2v) is 4.49. The molecule has 3 rings (SSSR count). The van der Waals surface area contributed by atoms with E-state index in [1.807, 2.05) is 18.3 Å². The van der Waals surface area contributed by atoms with Gasteiger partial charge >= 0.3 is 0 Å². The highest BCUT2D eigenvalue weighted by molar-refractivity contribution is 5.85. The fraction of sp³-hybridized carbons (Fsp3) is 0.357. The zero-order valence-electron chi connectivity index (χ0n) is 10.5. The summed E-state index contributed by atoms with van der Waals surface area (Å²) in [5.41, 5.74) is 0. The van der Waals surface area contributed by atoms with E-state index in [4.69, 9.17) is 4.74 Å². The first-order valence-corrected chi connectivity index (χ1v) is 6.26. The highest BCUT2D eigenvalue weighted by Crippen LogP contribution is 2.23. The number of piperazine rings is 1. The molecule has 1 N–H and O–H groups in total. The summed E-state index contributed by atoms with van der Waals surface area (Å²) in [6.45, 7) is 4.08. The summed E-state index contributed by atoms with van der Waals surface area (Å²) >= 11 is 0. The van der Waals surface area contributed by atoms with Gasteiger partial charge in [-0.2, -0.15) is 0 Å². The van der Waals surface area contributed by atoms with Gasteiger partial charge in [0, 0.05) is 37.8 Å². The van der Waals surface area contributed by atoms with Gasteiger partial charge in [0.15, 0.2) is 0 Å². The Hall–Kier alpha value is -1.81. The van der Waals surface area contributed by atoms with Crippen LogP contribution in [0.5, 0.6) is 5.75 Å². The van der Waals surface area contributed by atoms with E-state index in [2.05, 4.69) is 27.3 Å². The first kappa shape index (κ1) is 11.3. The number of nitrogens with one attached hydrogen (secondary N) is 1. The molecule has 0 saturated carbocycles. The molecule has 0 atom stereocenters. The third kappa shape index (κ3) is 2.11. The average Bonchev–Trinajstić information content (AvgIpc) is 2.47. The maximum absolute atomic E-state index is 5.26. The lowest BCUT2D eigenvalue weighted by molar-refractivity contribution is 0.415. The van der Waals surface area contributed by atoms with Crippen molar-refractivity contribution in [2.24, 2.45) is 0 Å². The van der Waals surface area contributed by atoms with Crippen molar-refractivity contribution in [3.8, 4) is 5.75 Å². The summed E-state index contributed by atoms with van der Waals surface area (Å²) in [5.74, 6) is 1.94. The van der Waals surface area contributed by atoms with Gasteiger partial charge in [-0.25, -0.2) is 4.98 Å². The van der Waals surface area contributed by atoms with Gasteiger partial charge in [0.05, 0.1) is 7.11 Å². The molecule has 1 fully saturated rings. The number of fused-ring (bicyclic) bond motifs is 1. The monoisotopic (exact) mass is 243 g/mol. The molecule has 1 aliphatic heterocycles. The summed E-state index contributed by atoms with van der Waals surface area (Å²) in [5, 5.41) is 5.68. The number of benzene rings is 1. The lowest BCUT2D eigenvalue weighted by Gasteiger charge is -2.28. The number of methoxy groups -OCH3 is 1. The number of aromatic nitrogens is 1. The van der Waals surface area contributed by atoms with Crippen LogP contribution in [0.15, 0.2) is 30.5 Å². The van der Waals surface area contributed by atoms with E-state index in [-0.39, 0.29) is 0 Å². The Kier molecular flexibility index (Phi) is 3.02. The zero-order chi connectivity index (χ0) is 12.4. The molecule has 0 unspecified atom stereocenters. The normalized spacial score (nSPS) is 15.9. The van der Waals surface area contributed by atoms with Crippen LogP contribution in [0.2, 0.25) is 0 Å². The van der Waals surface area contributed by atoms with Crippen LogP contribution in [0.1, 0.15) is 0 Å². The van der Waals surface area contributed by atoms with Gasteiger partial charge in [0.2, 0.25) is 0 Å². The number of pyridine rings is 1. The summed E-state index contributed by atoms with van der Waals surface area (Å²) in [7, 11) is 1.69. The Morgan fingerprint density at radius 2 is 2.00 bits per heavy atom. The van der Waals surface area contributed by atoms with Crippen molar-refractivity contribution >= 4 is 16.6 Å². The lowest BCUT2D eigenvalue weighted by atomic mass is 10.1. The van der Waals surface area contributed by atoms with Gasteiger partial charge in [-0.1, -0.05) is 0 Å². The highest BCUT2D eigenvalue weighted by atomic mass is 16.5. The standard InChI is InChI=1S/C14H17N3O/c1-18-13-3-2-11-10-16-14(9-12(11)8-13)17-6-4-15-5-7-17/h2-3,8-10,15H,4-7H2,1H3. The van der Waals surface area contributed by atoms with Gasteiger partial charge in [-0.15, -0.1) is 0 Å². The second kappa shape index (κ2) is 4.82. The summed E-state index contributed by atoms with van der Waals surface area (Å²) in [6, 6.07) is 8.21. The van der Waals surface area contributed by atoms with E-state index >= 15 is 0 Å². The fourth-order valence-corrected chi connectivity index (χ4v) is 2.30. The zero-order valence-corrected chi connectivity index (χ0v) is 10.5. The molecule has 1 aromatic carbocycles. The van der Waals surface area contributed by atoms with Crippen LogP contribution in [0.25, 0.3) is 10.8 Å². The molecular weight excluding hydrogens is 226 g/mol. The quantitative estimate of drug-likeness (QED) is 0.870. The molecule has 0 bridgehead atoms. The number of nitrogens with zero attached hydrogens (tertiary/aromatic N) is 2. The molecule has 0 spiro atoms. The van der Waals surface area contributed by atoms with Gasteiger partial charge in [-0.3, -0.25) is 0 Å². The SMILES string of the molecule is COc1ccc2cnc(N3CCNCC3)cc2c1. The molecule has 0 radical (unpaired) electrons. The summed E-state index contributed by atoms with van der Waals surface area (Å²) in [4.78, 5) is 6.86. The van der Waals surface area contributed by atoms with E-state index in [1.54, 1.807) is 7.11 Å². The first-order chi connectivity index (χ1) is 8.86. The molecule has 1 aliphatic rings. The molecule has 94 valence electrons. The van der Waals surface area contributed by atoms with Crippen LogP contribution in [0.4, 0.5) is 5.82 Å². The minimum atomic E-state index is 0.889. The van der Waals surface area contributed by atoms with Crippen molar-refractivity contribution < 1.29 is 4.74 Å². The van der Waals surface area contributed by atoms with E-state index < -0.39 is 0 Å². The van der Waals surface area contributed by atoms with Gasteiger partial charge < -0.3 is 15.0 Å². The molecule has 18 heavy (non-hydrogen) atoms. The molecule has 1 saturated heterocycles. The fourth-order valence-electron chi connectivity index (χ4n) is 2.30.